The lowest BCUT2D eigenvalue weighted by molar-refractivity contribution is -0.384. The fraction of sp³-hybridized carbons (Fsp3) is 0.238. The zero-order valence-corrected chi connectivity index (χ0v) is 17.9. The van der Waals surface area contributed by atoms with Crippen molar-refractivity contribution in [2.24, 2.45) is 0 Å². The van der Waals surface area contributed by atoms with Crippen molar-refractivity contribution in [3.05, 3.63) is 74.6 Å². The summed E-state index contributed by atoms with van der Waals surface area (Å²) in [4.78, 5) is 27.4. The van der Waals surface area contributed by atoms with E-state index in [2.05, 4.69) is 16.4 Å². The number of piperazine rings is 1. The van der Waals surface area contributed by atoms with Crippen LogP contribution in [0.4, 0.5) is 11.4 Å². The van der Waals surface area contributed by atoms with Crippen LogP contribution in [0.2, 0.25) is 5.02 Å². The van der Waals surface area contributed by atoms with Crippen LogP contribution in [-0.4, -0.2) is 56.9 Å². The SMILES string of the molecule is Cc1nnn(-c2cccc(C#N)c2)c1C(=O)N1CCN(c2ccc([N+](=O)[O-])cc2Cl)CC1. The Labute approximate surface area is 188 Å². The number of aryl methyl sites for hydroxylation is 1. The molecule has 0 spiro atoms. The molecule has 0 aliphatic carbocycles. The molecule has 10 nitrogen and oxygen atoms in total. The minimum atomic E-state index is -0.488. The van der Waals surface area contributed by atoms with Crippen molar-refractivity contribution >= 4 is 28.9 Å². The van der Waals surface area contributed by atoms with Gasteiger partial charge in [0.2, 0.25) is 0 Å². The molecule has 1 aromatic heterocycles. The van der Waals surface area contributed by atoms with Crippen LogP contribution in [-0.2, 0) is 0 Å². The van der Waals surface area contributed by atoms with E-state index < -0.39 is 4.92 Å². The smallest absolute Gasteiger partial charge is 0.274 e. The number of carbonyl (C=O) groups excluding carboxylic acids is 1. The molecule has 2 heterocycles. The summed E-state index contributed by atoms with van der Waals surface area (Å²) in [5.41, 5.74) is 2.52. The van der Waals surface area contributed by atoms with Gasteiger partial charge in [-0.15, -0.1) is 5.10 Å². The Hall–Kier alpha value is -3.97. The molecule has 32 heavy (non-hydrogen) atoms. The summed E-state index contributed by atoms with van der Waals surface area (Å²) in [6.45, 7) is 3.64. The van der Waals surface area contributed by atoms with Crippen molar-refractivity contribution in [2.45, 2.75) is 6.92 Å². The maximum atomic E-state index is 13.3. The van der Waals surface area contributed by atoms with Crippen LogP contribution >= 0.6 is 11.6 Å². The quantitative estimate of drug-likeness (QED) is 0.441. The molecule has 0 bridgehead atoms. The number of nitriles is 1. The minimum Gasteiger partial charge on any atom is -0.367 e. The van der Waals surface area contributed by atoms with Gasteiger partial charge in [-0.1, -0.05) is 22.9 Å². The van der Waals surface area contributed by atoms with E-state index >= 15 is 0 Å². The van der Waals surface area contributed by atoms with Crippen LogP contribution < -0.4 is 4.90 Å². The molecule has 1 aliphatic heterocycles. The van der Waals surface area contributed by atoms with Gasteiger partial charge in [0.1, 0.15) is 0 Å². The second-order valence-electron chi connectivity index (χ2n) is 7.27. The summed E-state index contributed by atoms with van der Waals surface area (Å²) < 4.78 is 1.46. The van der Waals surface area contributed by atoms with Gasteiger partial charge >= 0.3 is 0 Å². The number of anilines is 1. The Morgan fingerprint density at radius 2 is 1.94 bits per heavy atom. The van der Waals surface area contributed by atoms with Gasteiger partial charge in [0.25, 0.3) is 11.6 Å². The number of non-ortho nitro benzene ring substituents is 1. The molecule has 1 aliphatic rings. The number of halogens is 1. The second kappa shape index (κ2) is 8.64. The Morgan fingerprint density at radius 1 is 1.19 bits per heavy atom. The first-order valence-corrected chi connectivity index (χ1v) is 10.2. The van der Waals surface area contributed by atoms with E-state index in [9.17, 15) is 14.9 Å². The molecule has 0 radical (unpaired) electrons. The van der Waals surface area contributed by atoms with E-state index in [1.54, 1.807) is 42.2 Å². The molecule has 1 amide bonds. The number of hydrogen-bond acceptors (Lipinski definition) is 7. The minimum absolute atomic E-state index is 0.0655. The molecule has 0 N–H and O–H groups in total. The highest BCUT2D eigenvalue weighted by atomic mass is 35.5. The van der Waals surface area contributed by atoms with Gasteiger partial charge in [0.15, 0.2) is 5.69 Å². The molecular weight excluding hydrogens is 434 g/mol. The van der Waals surface area contributed by atoms with Crippen LogP contribution in [0.5, 0.6) is 0 Å². The molecule has 3 aromatic rings. The first-order valence-electron chi connectivity index (χ1n) is 9.80. The zero-order valence-electron chi connectivity index (χ0n) is 17.1. The molecule has 4 rings (SSSR count). The van der Waals surface area contributed by atoms with Crippen molar-refractivity contribution in [2.75, 3.05) is 31.1 Å². The number of nitro benzene ring substituents is 1. The van der Waals surface area contributed by atoms with Gasteiger partial charge in [0, 0.05) is 38.3 Å². The van der Waals surface area contributed by atoms with Crippen LogP contribution in [0.15, 0.2) is 42.5 Å². The Kier molecular flexibility index (Phi) is 5.75. The van der Waals surface area contributed by atoms with Gasteiger partial charge in [-0.25, -0.2) is 4.68 Å². The third-order valence-electron chi connectivity index (χ3n) is 5.31. The highest BCUT2D eigenvalue weighted by molar-refractivity contribution is 6.33. The van der Waals surface area contributed by atoms with Crippen LogP contribution in [0.1, 0.15) is 21.7 Å². The summed E-state index contributed by atoms with van der Waals surface area (Å²) in [6.07, 6.45) is 0. The molecule has 0 saturated carbocycles. The summed E-state index contributed by atoms with van der Waals surface area (Å²) >= 11 is 6.25. The number of nitro groups is 1. The first kappa shape index (κ1) is 21.3. The number of aromatic nitrogens is 3. The third-order valence-corrected chi connectivity index (χ3v) is 5.61. The van der Waals surface area contributed by atoms with Crippen LogP contribution in [0, 0.1) is 28.4 Å². The van der Waals surface area contributed by atoms with E-state index in [0.717, 1.165) is 0 Å². The monoisotopic (exact) mass is 451 g/mol. The number of carbonyl (C=O) groups is 1. The topological polar surface area (TPSA) is 121 Å². The molecule has 2 aromatic carbocycles. The Morgan fingerprint density at radius 3 is 2.59 bits per heavy atom. The fourth-order valence-electron chi connectivity index (χ4n) is 3.66. The van der Waals surface area contributed by atoms with Crippen LogP contribution in [0.25, 0.3) is 5.69 Å². The predicted octanol–water partition coefficient (Wildman–Crippen LogP) is 2.97. The number of rotatable bonds is 4. The number of benzene rings is 2. The Bertz CT molecular complexity index is 1240. The maximum absolute atomic E-state index is 13.3. The summed E-state index contributed by atoms with van der Waals surface area (Å²) in [5, 5.41) is 28.5. The lowest BCUT2D eigenvalue weighted by atomic mass is 10.2. The third kappa shape index (κ3) is 3.98. The summed E-state index contributed by atoms with van der Waals surface area (Å²) in [5.74, 6) is -0.204. The Balaban J connectivity index is 1.52. The lowest BCUT2D eigenvalue weighted by Gasteiger charge is -2.36. The normalized spacial score (nSPS) is 13.7. The van der Waals surface area contributed by atoms with E-state index in [4.69, 9.17) is 16.9 Å². The molecule has 11 heteroatoms. The van der Waals surface area contributed by atoms with Gasteiger partial charge in [-0.3, -0.25) is 14.9 Å². The average molecular weight is 452 g/mol. The van der Waals surface area contributed by atoms with Crippen molar-refractivity contribution in [3.8, 4) is 11.8 Å². The molecule has 0 unspecified atom stereocenters. The van der Waals surface area contributed by atoms with Gasteiger partial charge in [-0.05, 0) is 31.2 Å². The van der Waals surface area contributed by atoms with E-state index in [1.807, 2.05) is 4.90 Å². The van der Waals surface area contributed by atoms with Gasteiger partial charge in [-0.2, -0.15) is 5.26 Å². The molecule has 1 fully saturated rings. The second-order valence-corrected chi connectivity index (χ2v) is 7.68. The summed E-state index contributed by atoms with van der Waals surface area (Å²) in [7, 11) is 0. The fourth-order valence-corrected chi connectivity index (χ4v) is 3.95. The highest BCUT2D eigenvalue weighted by Crippen LogP contribution is 2.30. The largest absolute Gasteiger partial charge is 0.367 e. The highest BCUT2D eigenvalue weighted by Gasteiger charge is 2.28. The first-order chi connectivity index (χ1) is 15.4. The van der Waals surface area contributed by atoms with E-state index in [1.165, 1.54) is 16.8 Å². The van der Waals surface area contributed by atoms with E-state index in [0.29, 0.717) is 59.5 Å². The van der Waals surface area contributed by atoms with Crippen molar-refractivity contribution in [3.63, 3.8) is 0 Å². The molecule has 0 atom stereocenters. The summed E-state index contributed by atoms with van der Waals surface area (Å²) in [6, 6.07) is 13.3. The van der Waals surface area contributed by atoms with Crippen molar-refractivity contribution in [1.29, 1.82) is 5.26 Å². The van der Waals surface area contributed by atoms with E-state index in [-0.39, 0.29) is 11.6 Å². The maximum Gasteiger partial charge on any atom is 0.274 e. The van der Waals surface area contributed by atoms with Crippen LogP contribution in [0.3, 0.4) is 0 Å². The standard InChI is InChI=1S/C21H18ClN7O3/c1-14-20(28(25-24-14)16-4-2-3-15(11-16)13-23)21(30)27-9-7-26(8-10-27)19-6-5-17(29(31)32)12-18(19)22/h2-6,11-12H,7-10H2,1H3. The van der Waals surface area contributed by atoms with Crippen molar-refractivity contribution in [1.82, 2.24) is 19.9 Å². The van der Waals surface area contributed by atoms with Gasteiger partial charge < -0.3 is 9.80 Å². The number of hydrogen-bond donors (Lipinski definition) is 0. The predicted molar refractivity (Wildman–Crippen MR) is 117 cm³/mol. The van der Waals surface area contributed by atoms with Crippen molar-refractivity contribution < 1.29 is 9.72 Å². The van der Waals surface area contributed by atoms with Gasteiger partial charge in [0.05, 0.1) is 38.6 Å². The number of nitrogens with zero attached hydrogens (tertiary/aromatic N) is 7. The molecule has 1 saturated heterocycles. The number of amides is 1. The average Bonchev–Trinajstić information content (AvgIpc) is 3.20. The zero-order chi connectivity index (χ0) is 22.8. The lowest BCUT2D eigenvalue weighted by Crippen LogP contribution is -2.49. The molecular formula is C21H18ClN7O3. The molecule has 162 valence electrons.